The Balaban J connectivity index is 1.73. The van der Waals surface area contributed by atoms with Gasteiger partial charge in [-0.3, -0.25) is 0 Å². The Morgan fingerprint density at radius 2 is 1.41 bits per heavy atom. The van der Waals surface area contributed by atoms with Gasteiger partial charge < -0.3 is 4.18 Å². The van der Waals surface area contributed by atoms with Gasteiger partial charge in [-0.1, -0.05) is 78.9 Å². The number of benzene rings is 4. The average molecular weight is 569 g/mol. The number of fused-ring (bicyclic) bond motifs is 1. The van der Waals surface area contributed by atoms with Crippen molar-refractivity contribution < 1.29 is 30.0 Å². The van der Waals surface area contributed by atoms with Crippen molar-refractivity contribution in [2.45, 2.75) is 16.0 Å². The minimum absolute atomic E-state index is 0.00820. The summed E-state index contributed by atoms with van der Waals surface area (Å²) in [7, 11) is -3.55. The third-order valence-corrected chi connectivity index (χ3v) is 7.98. The van der Waals surface area contributed by atoms with Crippen molar-refractivity contribution in [2.75, 3.05) is 6.26 Å². The average Bonchev–Trinajstić information content (AvgIpc) is 2.92. The Bertz CT molecular complexity index is 1800. The SMILES string of the molecule is CS(=O)(=O)c1ccc(-c2nc(C(F)(F)F)nc(OS(=O)c3cccc4ccccc34)c2-c2ccccc2)cc1. The third-order valence-electron chi connectivity index (χ3n) is 5.83. The Labute approximate surface area is 224 Å². The molecule has 6 nitrogen and oxygen atoms in total. The van der Waals surface area contributed by atoms with Crippen molar-refractivity contribution in [3.63, 3.8) is 0 Å². The summed E-state index contributed by atoms with van der Waals surface area (Å²) in [5, 5.41) is 1.39. The monoisotopic (exact) mass is 568 g/mol. The molecule has 39 heavy (non-hydrogen) atoms. The van der Waals surface area contributed by atoms with E-state index in [0.717, 1.165) is 11.6 Å². The van der Waals surface area contributed by atoms with E-state index < -0.39 is 38.8 Å². The number of halogens is 3. The van der Waals surface area contributed by atoms with Gasteiger partial charge in [0, 0.05) is 17.2 Å². The van der Waals surface area contributed by atoms with Crippen molar-refractivity contribution in [3.8, 4) is 28.3 Å². The maximum atomic E-state index is 14.0. The molecule has 0 aliphatic rings. The maximum absolute atomic E-state index is 14.0. The Morgan fingerprint density at radius 3 is 2.08 bits per heavy atom. The molecule has 0 N–H and O–H groups in total. The molecule has 0 fully saturated rings. The topological polar surface area (TPSA) is 86.2 Å². The van der Waals surface area contributed by atoms with Crippen molar-refractivity contribution in [2.24, 2.45) is 0 Å². The van der Waals surface area contributed by atoms with Crippen LogP contribution in [0.1, 0.15) is 5.82 Å². The van der Waals surface area contributed by atoms with Crippen molar-refractivity contribution in [1.29, 1.82) is 0 Å². The number of sulfone groups is 1. The largest absolute Gasteiger partial charge is 0.451 e. The highest BCUT2D eigenvalue weighted by Gasteiger charge is 2.37. The minimum atomic E-state index is -4.95. The van der Waals surface area contributed by atoms with Crippen LogP contribution in [0.3, 0.4) is 0 Å². The van der Waals surface area contributed by atoms with E-state index in [1.54, 1.807) is 54.6 Å². The van der Waals surface area contributed by atoms with E-state index in [1.165, 1.54) is 24.3 Å². The van der Waals surface area contributed by atoms with Gasteiger partial charge in [0.15, 0.2) is 9.84 Å². The second kappa shape index (κ2) is 10.2. The zero-order valence-corrected chi connectivity index (χ0v) is 21.8. The molecule has 0 radical (unpaired) electrons. The van der Waals surface area contributed by atoms with E-state index in [-0.39, 0.29) is 26.6 Å². The third kappa shape index (κ3) is 5.55. The lowest BCUT2D eigenvalue weighted by molar-refractivity contribution is -0.145. The number of alkyl halides is 3. The second-order valence-electron chi connectivity index (χ2n) is 8.53. The number of hydrogen-bond acceptors (Lipinski definition) is 6. The maximum Gasteiger partial charge on any atom is 0.451 e. The predicted molar refractivity (Wildman–Crippen MR) is 142 cm³/mol. The predicted octanol–water partition coefficient (Wildman–Crippen LogP) is 6.49. The van der Waals surface area contributed by atoms with Crippen LogP contribution in [0.2, 0.25) is 0 Å². The summed E-state index contributed by atoms with van der Waals surface area (Å²) >= 11 is -2.25. The number of rotatable bonds is 6. The molecule has 0 aliphatic heterocycles. The smallest absolute Gasteiger partial charge is 0.375 e. The molecule has 11 heteroatoms. The zero-order chi connectivity index (χ0) is 27.8. The van der Waals surface area contributed by atoms with Crippen LogP contribution in [0.15, 0.2) is 107 Å². The van der Waals surface area contributed by atoms with Crippen LogP contribution in [0.25, 0.3) is 33.2 Å². The van der Waals surface area contributed by atoms with Crippen molar-refractivity contribution in [1.82, 2.24) is 9.97 Å². The summed E-state index contributed by atoms with van der Waals surface area (Å²) < 4.78 is 84.9. The molecule has 198 valence electrons. The summed E-state index contributed by atoms with van der Waals surface area (Å²) in [6.45, 7) is 0. The van der Waals surface area contributed by atoms with Gasteiger partial charge in [0.2, 0.25) is 22.8 Å². The van der Waals surface area contributed by atoms with E-state index in [9.17, 15) is 25.8 Å². The molecule has 0 aliphatic carbocycles. The fraction of sp³-hybridized carbons (Fsp3) is 0.0714. The van der Waals surface area contributed by atoms with Crippen LogP contribution >= 0.6 is 0 Å². The van der Waals surface area contributed by atoms with E-state index in [0.29, 0.717) is 10.9 Å². The molecule has 0 spiro atoms. The molecule has 1 heterocycles. The molecular formula is C28H19F3N2O4S2. The standard InChI is InChI=1S/C28H19F3N2O4S2/c1-39(35,36)21-16-14-20(15-17-21)25-24(19-9-3-2-4-10-19)26(33-27(32-25)28(29,30)31)37-38(34)23-13-7-11-18-8-5-6-12-22(18)23/h2-17H,1H3. The molecule has 4 aromatic carbocycles. The summed E-state index contributed by atoms with van der Waals surface area (Å²) in [4.78, 5) is 7.72. The molecule has 0 saturated carbocycles. The highest BCUT2D eigenvalue weighted by molar-refractivity contribution is 7.90. The van der Waals surface area contributed by atoms with Crippen LogP contribution in [0.5, 0.6) is 5.88 Å². The summed E-state index contributed by atoms with van der Waals surface area (Å²) in [5.41, 5.74) is 0.520. The lowest BCUT2D eigenvalue weighted by Gasteiger charge is -2.17. The minimum Gasteiger partial charge on any atom is -0.375 e. The quantitative estimate of drug-likeness (QED) is 0.233. The van der Waals surface area contributed by atoms with Crippen molar-refractivity contribution in [3.05, 3.63) is 103 Å². The molecule has 1 atom stereocenters. The first-order valence-electron chi connectivity index (χ1n) is 11.5. The summed E-state index contributed by atoms with van der Waals surface area (Å²) in [6, 6.07) is 25.8. The van der Waals surface area contributed by atoms with E-state index in [2.05, 4.69) is 9.97 Å². The molecule has 5 aromatic rings. The van der Waals surface area contributed by atoms with Gasteiger partial charge in [-0.05, 0) is 29.1 Å². The number of hydrogen-bond donors (Lipinski definition) is 0. The Kier molecular flexibility index (Phi) is 6.96. The van der Waals surface area contributed by atoms with Crippen LogP contribution in [-0.4, -0.2) is 28.9 Å². The fourth-order valence-electron chi connectivity index (χ4n) is 4.02. The van der Waals surface area contributed by atoms with Gasteiger partial charge >= 0.3 is 6.18 Å². The lowest BCUT2D eigenvalue weighted by Crippen LogP contribution is -2.15. The Hall–Kier alpha value is -4.09. The van der Waals surface area contributed by atoms with E-state index >= 15 is 0 Å². The molecule has 1 unspecified atom stereocenters. The Morgan fingerprint density at radius 1 is 0.769 bits per heavy atom. The summed E-state index contributed by atoms with van der Waals surface area (Å²) in [5.74, 6) is -2.02. The van der Waals surface area contributed by atoms with Crippen molar-refractivity contribution >= 4 is 31.7 Å². The van der Waals surface area contributed by atoms with Gasteiger partial charge in [-0.15, -0.1) is 0 Å². The van der Waals surface area contributed by atoms with Gasteiger partial charge in [0.25, 0.3) is 0 Å². The zero-order valence-electron chi connectivity index (χ0n) is 20.2. The first kappa shape index (κ1) is 26.5. The molecule has 0 saturated heterocycles. The van der Waals surface area contributed by atoms with E-state index in [1.807, 2.05) is 18.2 Å². The highest BCUT2D eigenvalue weighted by Crippen LogP contribution is 2.41. The van der Waals surface area contributed by atoms with Gasteiger partial charge in [0.1, 0.15) is 0 Å². The number of aromatic nitrogens is 2. The van der Waals surface area contributed by atoms with Crippen LogP contribution in [0, 0.1) is 0 Å². The lowest BCUT2D eigenvalue weighted by atomic mass is 10.00. The van der Waals surface area contributed by atoms with Gasteiger partial charge in [-0.2, -0.15) is 18.2 Å². The second-order valence-corrected chi connectivity index (χ2v) is 11.6. The molecule has 1 aromatic heterocycles. The number of nitrogens with zero attached hydrogens (tertiary/aromatic N) is 2. The van der Waals surface area contributed by atoms with Gasteiger partial charge in [-0.25, -0.2) is 17.6 Å². The molecule has 5 rings (SSSR count). The summed E-state index contributed by atoms with van der Waals surface area (Å²) in [6.07, 6.45) is -3.92. The van der Waals surface area contributed by atoms with Crippen LogP contribution < -0.4 is 4.18 Å². The first-order chi connectivity index (χ1) is 18.5. The molecule has 0 bridgehead atoms. The highest BCUT2D eigenvalue weighted by atomic mass is 32.2. The van der Waals surface area contributed by atoms with Gasteiger partial charge in [0.05, 0.1) is 21.0 Å². The fourth-order valence-corrected chi connectivity index (χ4v) is 5.56. The van der Waals surface area contributed by atoms with Crippen LogP contribution in [-0.2, 0) is 27.1 Å². The molecular weight excluding hydrogens is 549 g/mol. The normalized spacial score (nSPS) is 12.8. The molecule has 0 amide bonds. The van der Waals surface area contributed by atoms with E-state index in [4.69, 9.17) is 4.18 Å². The van der Waals surface area contributed by atoms with Crippen LogP contribution in [0.4, 0.5) is 13.2 Å². The first-order valence-corrected chi connectivity index (χ1v) is 14.4.